The monoisotopic (exact) mass is 316 g/mol. The van der Waals surface area contributed by atoms with Gasteiger partial charge >= 0.3 is 0 Å². The first kappa shape index (κ1) is 16.2. The van der Waals surface area contributed by atoms with Crippen molar-refractivity contribution in [1.82, 2.24) is 14.8 Å². The molecule has 2 fully saturated rings. The molecule has 2 saturated heterocycles. The SMILES string of the molecule is O=C(CCN1CCN(c2ccccn2)CC1)N1CCCCCC1. The Bertz CT molecular complexity index is 477. The third-order valence-electron chi connectivity index (χ3n) is 4.95. The Balaban J connectivity index is 1.39. The molecule has 126 valence electrons. The van der Waals surface area contributed by atoms with Gasteiger partial charge in [0.15, 0.2) is 0 Å². The molecule has 5 heteroatoms. The number of anilines is 1. The van der Waals surface area contributed by atoms with Gasteiger partial charge in [-0.2, -0.15) is 0 Å². The normalized spacial score (nSPS) is 20.3. The third kappa shape index (κ3) is 4.67. The zero-order valence-corrected chi connectivity index (χ0v) is 14.0. The van der Waals surface area contributed by atoms with E-state index in [1.54, 1.807) is 0 Å². The van der Waals surface area contributed by atoms with Gasteiger partial charge in [-0.05, 0) is 25.0 Å². The van der Waals surface area contributed by atoms with Crippen LogP contribution in [-0.2, 0) is 4.79 Å². The number of hydrogen-bond donors (Lipinski definition) is 0. The summed E-state index contributed by atoms with van der Waals surface area (Å²) < 4.78 is 0. The van der Waals surface area contributed by atoms with Gasteiger partial charge in [0.25, 0.3) is 0 Å². The van der Waals surface area contributed by atoms with Crippen LogP contribution in [0.2, 0.25) is 0 Å². The standard InChI is InChI=1S/C18H28N4O/c23-18(22-10-5-1-2-6-11-22)8-12-20-13-15-21(16-14-20)17-7-3-4-9-19-17/h3-4,7,9H,1-2,5-6,8,10-16H2. The largest absolute Gasteiger partial charge is 0.354 e. The quantitative estimate of drug-likeness (QED) is 0.852. The first-order chi connectivity index (χ1) is 11.3. The molecule has 23 heavy (non-hydrogen) atoms. The minimum absolute atomic E-state index is 0.346. The van der Waals surface area contributed by atoms with Crippen molar-refractivity contribution in [2.75, 3.05) is 50.7 Å². The number of likely N-dealkylation sites (tertiary alicyclic amines) is 1. The van der Waals surface area contributed by atoms with Crippen LogP contribution < -0.4 is 4.90 Å². The van der Waals surface area contributed by atoms with Crippen LogP contribution in [0.4, 0.5) is 5.82 Å². The van der Waals surface area contributed by atoms with Crippen LogP contribution in [0, 0.1) is 0 Å². The molecule has 1 amide bonds. The van der Waals surface area contributed by atoms with Crippen molar-refractivity contribution in [3.05, 3.63) is 24.4 Å². The van der Waals surface area contributed by atoms with Crippen molar-refractivity contribution in [2.45, 2.75) is 32.1 Å². The summed E-state index contributed by atoms with van der Waals surface area (Å²) in [5.74, 6) is 1.41. The van der Waals surface area contributed by atoms with Crippen LogP contribution in [0.15, 0.2) is 24.4 Å². The van der Waals surface area contributed by atoms with E-state index in [1.165, 1.54) is 25.7 Å². The first-order valence-corrected chi connectivity index (χ1v) is 8.99. The molecule has 0 saturated carbocycles. The number of nitrogens with zero attached hydrogens (tertiary/aromatic N) is 4. The fourth-order valence-corrected chi connectivity index (χ4v) is 3.47. The summed E-state index contributed by atoms with van der Waals surface area (Å²) in [7, 11) is 0. The number of hydrogen-bond acceptors (Lipinski definition) is 4. The summed E-state index contributed by atoms with van der Waals surface area (Å²) >= 11 is 0. The predicted octanol–water partition coefficient (Wildman–Crippen LogP) is 2.00. The maximum absolute atomic E-state index is 12.4. The molecule has 0 bridgehead atoms. The lowest BCUT2D eigenvalue weighted by molar-refractivity contribution is -0.131. The summed E-state index contributed by atoms with van der Waals surface area (Å²) in [6, 6.07) is 6.06. The van der Waals surface area contributed by atoms with E-state index in [4.69, 9.17) is 0 Å². The van der Waals surface area contributed by atoms with Crippen LogP contribution in [0.25, 0.3) is 0 Å². The Hall–Kier alpha value is -1.62. The lowest BCUT2D eigenvalue weighted by Crippen LogP contribution is -2.47. The summed E-state index contributed by atoms with van der Waals surface area (Å²) in [6.45, 7) is 6.85. The van der Waals surface area contributed by atoms with Crippen molar-refractivity contribution in [1.29, 1.82) is 0 Å². The van der Waals surface area contributed by atoms with Crippen LogP contribution >= 0.6 is 0 Å². The minimum Gasteiger partial charge on any atom is -0.354 e. The highest BCUT2D eigenvalue weighted by Crippen LogP contribution is 2.14. The van der Waals surface area contributed by atoms with Crippen LogP contribution in [0.5, 0.6) is 0 Å². The fourth-order valence-electron chi connectivity index (χ4n) is 3.47. The Morgan fingerprint density at radius 1 is 0.957 bits per heavy atom. The lowest BCUT2D eigenvalue weighted by Gasteiger charge is -2.35. The number of piperazine rings is 1. The summed E-state index contributed by atoms with van der Waals surface area (Å²) in [4.78, 5) is 23.6. The van der Waals surface area contributed by atoms with E-state index in [9.17, 15) is 4.79 Å². The van der Waals surface area contributed by atoms with Gasteiger partial charge in [0.2, 0.25) is 5.91 Å². The second kappa shape index (κ2) is 8.29. The maximum Gasteiger partial charge on any atom is 0.223 e. The molecule has 0 aliphatic carbocycles. The number of rotatable bonds is 4. The van der Waals surface area contributed by atoms with Gasteiger partial charge in [-0.25, -0.2) is 4.98 Å². The zero-order chi connectivity index (χ0) is 15.9. The summed E-state index contributed by atoms with van der Waals surface area (Å²) in [5, 5.41) is 0. The Labute approximate surface area is 139 Å². The Kier molecular flexibility index (Phi) is 5.86. The van der Waals surface area contributed by atoms with E-state index < -0.39 is 0 Å². The number of carbonyl (C=O) groups is 1. The molecule has 3 rings (SSSR count). The van der Waals surface area contributed by atoms with E-state index >= 15 is 0 Å². The molecule has 0 N–H and O–H groups in total. The highest BCUT2D eigenvalue weighted by atomic mass is 16.2. The Morgan fingerprint density at radius 3 is 2.35 bits per heavy atom. The summed E-state index contributed by atoms with van der Waals surface area (Å²) in [6.07, 6.45) is 7.42. The number of amides is 1. The van der Waals surface area contributed by atoms with E-state index in [-0.39, 0.29) is 0 Å². The average Bonchev–Trinajstić information content (AvgIpc) is 2.90. The van der Waals surface area contributed by atoms with Crippen molar-refractivity contribution in [3.8, 4) is 0 Å². The molecule has 0 unspecified atom stereocenters. The molecule has 1 aromatic heterocycles. The van der Waals surface area contributed by atoms with Crippen LogP contribution in [0.3, 0.4) is 0 Å². The van der Waals surface area contributed by atoms with Crippen molar-refractivity contribution in [2.24, 2.45) is 0 Å². The second-order valence-electron chi connectivity index (χ2n) is 6.56. The topological polar surface area (TPSA) is 39.7 Å². The molecule has 0 radical (unpaired) electrons. The van der Waals surface area contributed by atoms with Gasteiger partial charge < -0.3 is 9.80 Å². The molecule has 2 aliphatic heterocycles. The zero-order valence-electron chi connectivity index (χ0n) is 14.0. The number of pyridine rings is 1. The van der Waals surface area contributed by atoms with Crippen LogP contribution in [-0.4, -0.2) is 66.5 Å². The van der Waals surface area contributed by atoms with E-state index in [0.29, 0.717) is 12.3 Å². The Morgan fingerprint density at radius 2 is 1.70 bits per heavy atom. The average molecular weight is 316 g/mol. The molecule has 2 aliphatic rings. The lowest BCUT2D eigenvalue weighted by atomic mass is 10.2. The molecule has 0 atom stereocenters. The van der Waals surface area contributed by atoms with Gasteiger partial charge in [0.05, 0.1) is 0 Å². The molecular formula is C18H28N4O. The smallest absolute Gasteiger partial charge is 0.223 e. The van der Waals surface area contributed by atoms with Crippen LogP contribution in [0.1, 0.15) is 32.1 Å². The second-order valence-corrected chi connectivity index (χ2v) is 6.56. The van der Waals surface area contributed by atoms with Gasteiger partial charge in [-0.3, -0.25) is 9.69 Å². The van der Waals surface area contributed by atoms with Gasteiger partial charge in [0, 0.05) is 58.4 Å². The van der Waals surface area contributed by atoms with Gasteiger partial charge in [-0.15, -0.1) is 0 Å². The molecule has 1 aromatic rings. The van der Waals surface area contributed by atoms with Gasteiger partial charge in [-0.1, -0.05) is 18.9 Å². The number of aromatic nitrogens is 1. The van der Waals surface area contributed by atoms with E-state index in [1.807, 2.05) is 18.3 Å². The highest BCUT2D eigenvalue weighted by molar-refractivity contribution is 5.76. The third-order valence-corrected chi connectivity index (χ3v) is 4.95. The molecule has 3 heterocycles. The molecular weight excluding hydrogens is 288 g/mol. The van der Waals surface area contributed by atoms with Crippen molar-refractivity contribution >= 4 is 11.7 Å². The highest BCUT2D eigenvalue weighted by Gasteiger charge is 2.20. The number of carbonyl (C=O) groups excluding carboxylic acids is 1. The minimum atomic E-state index is 0.346. The van der Waals surface area contributed by atoms with Gasteiger partial charge in [0.1, 0.15) is 5.82 Å². The van der Waals surface area contributed by atoms with E-state index in [0.717, 1.165) is 51.6 Å². The van der Waals surface area contributed by atoms with Crippen molar-refractivity contribution in [3.63, 3.8) is 0 Å². The first-order valence-electron chi connectivity index (χ1n) is 8.99. The maximum atomic E-state index is 12.4. The fraction of sp³-hybridized carbons (Fsp3) is 0.667. The predicted molar refractivity (Wildman–Crippen MR) is 92.6 cm³/mol. The summed E-state index contributed by atoms with van der Waals surface area (Å²) in [5.41, 5.74) is 0. The molecule has 0 spiro atoms. The molecule has 5 nitrogen and oxygen atoms in total. The molecule has 0 aromatic carbocycles. The van der Waals surface area contributed by atoms with Crippen molar-refractivity contribution < 1.29 is 4.79 Å². The van der Waals surface area contributed by atoms with E-state index in [2.05, 4.69) is 25.8 Å².